The summed E-state index contributed by atoms with van der Waals surface area (Å²) >= 11 is 0. The topological polar surface area (TPSA) is 12.0 Å². The molecule has 21 heavy (non-hydrogen) atoms. The molecule has 1 N–H and O–H groups in total. The van der Waals surface area contributed by atoms with Crippen molar-refractivity contribution >= 4 is 12.4 Å². The molecule has 1 nitrogen and oxygen atoms in total. The van der Waals surface area contributed by atoms with Gasteiger partial charge < -0.3 is 5.32 Å². The van der Waals surface area contributed by atoms with Gasteiger partial charge in [-0.15, -0.1) is 12.4 Å². The monoisotopic (exact) mass is 303 g/mol. The Hall–Kier alpha value is -1.31. The largest absolute Gasteiger partial charge is 0.315 e. The lowest BCUT2D eigenvalue weighted by atomic mass is 9.87. The van der Waals surface area contributed by atoms with Gasteiger partial charge in [-0.2, -0.15) is 0 Å². The number of benzene rings is 2. The van der Waals surface area contributed by atoms with Crippen LogP contribution < -0.4 is 5.32 Å². The van der Waals surface area contributed by atoms with E-state index in [1.807, 2.05) is 0 Å². The van der Waals surface area contributed by atoms with Crippen LogP contribution in [0.15, 0.2) is 60.7 Å². The molecule has 0 aliphatic rings. The van der Waals surface area contributed by atoms with E-state index in [0.717, 1.165) is 6.54 Å². The Balaban J connectivity index is 0.00000220. The zero-order chi connectivity index (χ0) is 14.2. The van der Waals surface area contributed by atoms with Crippen LogP contribution in [0, 0.1) is 0 Å². The van der Waals surface area contributed by atoms with E-state index in [9.17, 15) is 0 Å². The first kappa shape index (κ1) is 17.7. The molecule has 2 heteroatoms. The number of nitrogens with one attached hydrogen (secondary N) is 1. The minimum atomic E-state index is 0. The van der Waals surface area contributed by atoms with Gasteiger partial charge in [0.25, 0.3) is 0 Å². The molecule has 0 bridgehead atoms. The van der Waals surface area contributed by atoms with Crippen molar-refractivity contribution in [2.24, 2.45) is 0 Å². The lowest BCUT2D eigenvalue weighted by molar-refractivity contribution is 0.543. The van der Waals surface area contributed by atoms with Crippen LogP contribution in [0.3, 0.4) is 0 Å². The van der Waals surface area contributed by atoms with Crippen molar-refractivity contribution in [1.29, 1.82) is 0 Å². The number of rotatable bonds is 7. The van der Waals surface area contributed by atoms with E-state index >= 15 is 0 Å². The second kappa shape index (κ2) is 9.59. The number of hydrogen-bond acceptors (Lipinski definition) is 1. The minimum absolute atomic E-state index is 0. The highest BCUT2D eigenvalue weighted by atomic mass is 35.5. The van der Waals surface area contributed by atoms with Crippen LogP contribution in [-0.2, 0) is 0 Å². The molecule has 0 heterocycles. The summed E-state index contributed by atoms with van der Waals surface area (Å²) in [5.74, 6) is 0.506. The molecule has 0 unspecified atom stereocenters. The maximum atomic E-state index is 3.50. The quantitative estimate of drug-likeness (QED) is 0.708. The van der Waals surface area contributed by atoms with Crippen molar-refractivity contribution in [3.05, 3.63) is 71.8 Å². The van der Waals surface area contributed by atoms with Crippen LogP contribution in [0.5, 0.6) is 0 Å². The summed E-state index contributed by atoms with van der Waals surface area (Å²) in [5, 5.41) is 3.50. The third-order valence-electron chi connectivity index (χ3n) is 3.63. The van der Waals surface area contributed by atoms with E-state index < -0.39 is 0 Å². The first-order chi connectivity index (χ1) is 9.77. The molecule has 0 aliphatic carbocycles. The third kappa shape index (κ3) is 5.91. The van der Waals surface area contributed by atoms with Crippen LogP contribution in [0.4, 0.5) is 0 Å². The van der Waals surface area contributed by atoms with Gasteiger partial charge >= 0.3 is 0 Å². The minimum Gasteiger partial charge on any atom is -0.315 e. The summed E-state index contributed by atoms with van der Waals surface area (Å²) in [5.41, 5.74) is 2.84. The molecule has 0 spiro atoms. The molecular weight excluding hydrogens is 278 g/mol. The molecule has 2 aromatic carbocycles. The van der Waals surface area contributed by atoms with Crippen molar-refractivity contribution in [3.63, 3.8) is 0 Å². The Morgan fingerprint density at radius 3 is 1.71 bits per heavy atom. The van der Waals surface area contributed by atoms with Gasteiger partial charge in [0, 0.05) is 12.0 Å². The van der Waals surface area contributed by atoms with Crippen LogP contribution in [0.25, 0.3) is 0 Å². The third-order valence-corrected chi connectivity index (χ3v) is 3.63. The van der Waals surface area contributed by atoms with Gasteiger partial charge in [-0.1, -0.05) is 74.5 Å². The molecule has 2 rings (SSSR count). The van der Waals surface area contributed by atoms with Crippen LogP contribution in [-0.4, -0.2) is 12.6 Å². The standard InChI is InChI=1S/C19H25N.ClH/c1-16(2)20-15-9-14-19(17-10-5-3-6-11-17)18-12-7-4-8-13-18;/h3-8,10-13,16,19-20H,9,14-15H2,1-2H3;1H. The summed E-state index contributed by atoms with van der Waals surface area (Å²) in [4.78, 5) is 0. The van der Waals surface area contributed by atoms with Gasteiger partial charge in [0.1, 0.15) is 0 Å². The zero-order valence-electron chi connectivity index (χ0n) is 13.0. The van der Waals surface area contributed by atoms with Crippen molar-refractivity contribution in [2.45, 2.75) is 38.6 Å². The summed E-state index contributed by atoms with van der Waals surface area (Å²) in [6.07, 6.45) is 2.39. The Morgan fingerprint density at radius 1 is 0.810 bits per heavy atom. The summed E-state index contributed by atoms with van der Waals surface area (Å²) < 4.78 is 0. The van der Waals surface area contributed by atoms with Gasteiger partial charge in [-0.3, -0.25) is 0 Å². The zero-order valence-corrected chi connectivity index (χ0v) is 13.8. The average molecular weight is 304 g/mol. The van der Waals surface area contributed by atoms with Crippen molar-refractivity contribution < 1.29 is 0 Å². The van der Waals surface area contributed by atoms with E-state index in [2.05, 4.69) is 79.8 Å². The van der Waals surface area contributed by atoms with E-state index in [1.165, 1.54) is 24.0 Å². The van der Waals surface area contributed by atoms with Crippen LogP contribution >= 0.6 is 12.4 Å². The molecule has 0 atom stereocenters. The fourth-order valence-electron chi connectivity index (χ4n) is 2.59. The summed E-state index contributed by atoms with van der Waals surface area (Å²) in [6.45, 7) is 5.49. The van der Waals surface area contributed by atoms with Gasteiger partial charge in [0.05, 0.1) is 0 Å². The highest BCUT2D eigenvalue weighted by Crippen LogP contribution is 2.28. The molecule has 2 aromatic rings. The fraction of sp³-hybridized carbons (Fsp3) is 0.368. The highest BCUT2D eigenvalue weighted by Gasteiger charge is 2.13. The van der Waals surface area contributed by atoms with E-state index in [1.54, 1.807) is 0 Å². The van der Waals surface area contributed by atoms with E-state index in [-0.39, 0.29) is 12.4 Å². The molecule has 0 aliphatic heterocycles. The average Bonchev–Trinajstić information content (AvgIpc) is 2.49. The van der Waals surface area contributed by atoms with Gasteiger partial charge in [0.2, 0.25) is 0 Å². The van der Waals surface area contributed by atoms with Gasteiger partial charge in [-0.25, -0.2) is 0 Å². The number of hydrogen-bond donors (Lipinski definition) is 1. The van der Waals surface area contributed by atoms with Crippen molar-refractivity contribution in [2.75, 3.05) is 6.54 Å². The van der Waals surface area contributed by atoms with Gasteiger partial charge in [-0.05, 0) is 30.5 Å². The lowest BCUT2D eigenvalue weighted by Gasteiger charge is -2.18. The molecule has 0 amide bonds. The molecule has 0 saturated carbocycles. The second-order valence-corrected chi connectivity index (χ2v) is 5.63. The Kier molecular flexibility index (Phi) is 8.11. The van der Waals surface area contributed by atoms with Crippen LogP contribution in [0.1, 0.15) is 43.7 Å². The van der Waals surface area contributed by atoms with Crippen molar-refractivity contribution in [1.82, 2.24) is 5.32 Å². The van der Waals surface area contributed by atoms with Gasteiger partial charge in [0.15, 0.2) is 0 Å². The molecule has 114 valence electrons. The Morgan fingerprint density at radius 2 is 1.29 bits per heavy atom. The van der Waals surface area contributed by atoms with Crippen molar-refractivity contribution in [3.8, 4) is 0 Å². The number of halogens is 1. The first-order valence-electron chi connectivity index (χ1n) is 7.60. The Labute approximate surface area is 135 Å². The van der Waals surface area contributed by atoms with Crippen LogP contribution in [0.2, 0.25) is 0 Å². The predicted molar refractivity (Wildman–Crippen MR) is 94.3 cm³/mol. The molecular formula is C19H26ClN. The first-order valence-corrected chi connectivity index (χ1v) is 7.60. The second-order valence-electron chi connectivity index (χ2n) is 5.63. The fourth-order valence-corrected chi connectivity index (χ4v) is 2.59. The summed E-state index contributed by atoms with van der Waals surface area (Å²) in [7, 11) is 0. The molecule has 0 saturated heterocycles. The molecule has 0 radical (unpaired) electrons. The lowest BCUT2D eigenvalue weighted by Crippen LogP contribution is -2.24. The predicted octanol–water partition coefficient (Wildman–Crippen LogP) is 5.02. The maximum absolute atomic E-state index is 3.50. The molecule has 0 fully saturated rings. The molecule has 0 aromatic heterocycles. The van der Waals surface area contributed by atoms with E-state index in [0.29, 0.717) is 12.0 Å². The highest BCUT2D eigenvalue weighted by molar-refractivity contribution is 5.85. The summed E-state index contributed by atoms with van der Waals surface area (Å²) in [6, 6.07) is 22.3. The normalized spacial score (nSPS) is 10.7. The van der Waals surface area contributed by atoms with E-state index in [4.69, 9.17) is 0 Å². The Bertz CT molecular complexity index is 442. The SMILES string of the molecule is CC(C)NCCCC(c1ccccc1)c1ccccc1.Cl. The smallest absolute Gasteiger partial charge is 0.00898 e. The maximum Gasteiger partial charge on any atom is 0.00898 e.